The Morgan fingerprint density at radius 3 is 1.62 bits per heavy atom. The zero-order chi connectivity index (χ0) is 19.2. The van der Waals surface area contributed by atoms with Crippen LogP contribution in [0, 0.1) is 35.0 Å². The second-order valence-corrected chi connectivity index (χ2v) is 10.1. The maximum atomic E-state index is 2.42. The molecular weight excluding hydrogens is 312 g/mol. The summed E-state index contributed by atoms with van der Waals surface area (Å²) in [6.07, 6.45) is 12.3. The van der Waals surface area contributed by atoms with Crippen LogP contribution in [-0.4, -0.2) is 0 Å². The summed E-state index contributed by atoms with van der Waals surface area (Å²) in [4.78, 5) is 0. The lowest BCUT2D eigenvalue weighted by atomic mass is 9.48. The van der Waals surface area contributed by atoms with E-state index < -0.39 is 0 Å². The first-order valence-electron chi connectivity index (χ1n) is 11.5. The first-order chi connectivity index (χ1) is 12.4. The van der Waals surface area contributed by atoms with Crippen LogP contribution in [-0.2, 0) is 6.42 Å². The summed E-state index contributed by atoms with van der Waals surface area (Å²) in [5, 5.41) is 0. The van der Waals surface area contributed by atoms with Gasteiger partial charge in [-0.1, -0.05) is 71.9 Å². The van der Waals surface area contributed by atoms with Gasteiger partial charge >= 0.3 is 0 Å². The quantitative estimate of drug-likeness (QED) is 0.510. The molecule has 0 aromatic heterocycles. The molecule has 0 heteroatoms. The highest BCUT2D eigenvalue weighted by atomic mass is 14.6. The van der Waals surface area contributed by atoms with E-state index in [1.807, 2.05) is 13.8 Å². The van der Waals surface area contributed by atoms with Gasteiger partial charge < -0.3 is 0 Å². The first-order valence-corrected chi connectivity index (χ1v) is 11.5. The van der Waals surface area contributed by atoms with Crippen molar-refractivity contribution in [1.29, 1.82) is 0 Å². The molecule has 0 atom stereocenters. The Morgan fingerprint density at radius 1 is 0.769 bits per heavy atom. The average Bonchev–Trinajstić information content (AvgIpc) is 2.55. The first kappa shape index (κ1) is 21.5. The van der Waals surface area contributed by atoms with Crippen molar-refractivity contribution in [3.63, 3.8) is 0 Å². The van der Waals surface area contributed by atoms with Gasteiger partial charge in [0.05, 0.1) is 0 Å². The lowest BCUT2D eigenvalue weighted by Crippen LogP contribution is -2.46. The van der Waals surface area contributed by atoms with Crippen LogP contribution >= 0.6 is 0 Å². The van der Waals surface area contributed by atoms with Crippen LogP contribution in [0.5, 0.6) is 0 Å². The van der Waals surface area contributed by atoms with Gasteiger partial charge in [-0.3, -0.25) is 0 Å². The van der Waals surface area contributed by atoms with Gasteiger partial charge in [0, 0.05) is 0 Å². The van der Waals surface area contributed by atoms with Crippen molar-refractivity contribution in [2.75, 3.05) is 0 Å². The summed E-state index contributed by atoms with van der Waals surface area (Å²) in [5.74, 6) is 5.11. The second-order valence-electron chi connectivity index (χ2n) is 10.1. The molecule has 0 spiro atoms. The van der Waals surface area contributed by atoms with Crippen LogP contribution in [0.25, 0.3) is 0 Å². The molecule has 4 aliphatic rings. The van der Waals surface area contributed by atoms with Gasteiger partial charge in [0.2, 0.25) is 0 Å². The third kappa shape index (κ3) is 6.14. The van der Waals surface area contributed by atoms with Crippen LogP contribution < -0.4 is 0 Å². The van der Waals surface area contributed by atoms with E-state index >= 15 is 0 Å². The highest BCUT2D eigenvalue weighted by Crippen LogP contribution is 2.61. The van der Waals surface area contributed by atoms with Gasteiger partial charge in [0.15, 0.2) is 0 Å². The summed E-state index contributed by atoms with van der Waals surface area (Å²) in [6, 6.07) is 10.6. The predicted octanol–water partition coefficient (Wildman–Crippen LogP) is 8.16. The molecule has 0 amide bonds. The smallest absolute Gasteiger partial charge is 0.0256 e. The van der Waals surface area contributed by atoms with Gasteiger partial charge in [-0.05, 0) is 91.9 Å². The zero-order valence-corrected chi connectivity index (χ0v) is 18.4. The number of rotatable bonds is 4. The average molecular weight is 357 g/mol. The molecule has 4 bridgehead atoms. The lowest BCUT2D eigenvalue weighted by Gasteiger charge is -2.57. The summed E-state index contributed by atoms with van der Waals surface area (Å²) in [5.41, 5.74) is 2.26. The van der Waals surface area contributed by atoms with Crippen molar-refractivity contribution in [3.05, 3.63) is 35.9 Å². The Hall–Kier alpha value is -0.780. The molecule has 0 N–H and O–H groups in total. The van der Waals surface area contributed by atoms with Crippen LogP contribution in [0.2, 0.25) is 0 Å². The molecular formula is C26H44. The second kappa shape index (κ2) is 9.95. The largest absolute Gasteiger partial charge is 0.0683 e. The van der Waals surface area contributed by atoms with Gasteiger partial charge in [-0.2, -0.15) is 0 Å². The normalized spacial score (nSPS) is 31.3. The molecule has 148 valence electrons. The number of hydrogen-bond donors (Lipinski definition) is 0. The van der Waals surface area contributed by atoms with Crippen molar-refractivity contribution in [2.45, 2.75) is 92.9 Å². The SMILES string of the molecule is CC.CC(C)CC12CC3CC(CC(C3)C1)C2.CC(C)Cc1ccccc1. The number of benzene rings is 1. The lowest BCUT2D eigenvalue weighted by molar-refractivity contribution is -0.0632. The van der Waals surface area contributed by atoms with Gasteiger partial charge in [0.25, 0.3) is 0 Å². The molecule has 4 fully saturated rings. The van der Waals surface area contributed by atoms with Crippen LogP contribution in [0.4, 0.5) is 0 Å². The van der Waals surface area contributed by atoms with E-state index in [1.165, 1.54) is 18.4 Å². The molecule has 0 nitrogen and oxygen atoms in total. The maximum absolute atomic E-state index is 2.42. The predicted molar refractivity (Wildman–Crippen MR) is 116 cm³/mol. The van der Waals surface area contributed by atoms with Gasteiger partial charge in [0.1, 0.15) is 0 Å². The van der Waals surface area contributed by atoms with Crippen molar-refractivity contribution < 1.29 is 0 Å². The Kier molecular flexibility index (Phi) is 8.24. The summed E-state index contributed by atoms with van der Waals surface area (Å²) in [7, 11) is 0. The monoisotopic (exact) mass is 356 g/mol. The fourth-order valence-corrected chi connectivity index (χ4v) is 6.49. The molecule has 0 radical (unpaired) electrons. The van der Waals surface area contributed by atoms with Crippen molar-refractivity contribution in [2.24, 2.45) is 35.0 Å². The Balaban J connectivity index is 0.000000180. The Morgan fingerprint density at radius 2 is 1.23 bits per heavy atom. The van der Waals surface area contributed by atoms with E-state index in [9.17, 15) is 0 Å². The Labute approximate surface area is 164 Å². The molecule has 26 heavy (non-hydrogen) atoms. The number of hydrogen-bond acceptors (Lipinski definition) is 0. The molecule has 4 aliphatic carbocycles. The third-order valence-electron chi connectivity index (χ3n) is 6.49. The molecule has 0 saturated heterocycles. The molecule has 1 aromatic rings. The van der Waals surface area contributed by atoms with E-state index in [-0.39, 0.29) is 0 Å². The third-order valence-corrected chi connectivity index (χ3v) is 6.49. The summed E-state index contributed by atoms with van der Waals surface area (Å²) < 4.78 is 0. The topological polar surface area (TPSA) is 0 Å². The maximum Gasteiger partial charge on any atom is -0.0256 e. The fourth-order valence-electron chi connectivity index (χ4n) is 6.49. The van der Waals surface area contributed by atoms with E-state index in [4.69, 9.17) is 0 Å². The van der Waals surface area contributed by atoms with Crippen LogP contribution in [0.15, 0.2) is 30.3 Å². The van der Waals surface area contributed by atoms with E-state index in [0.29, 0.717) is 0 Å². The highest BCUT2D eigenvalue weighted by Gasteiger charge is 2.50. The van der Waals surface area contributed by atoms with Crippen molar-refractivity contribution in [1.82, 2.24) is 0 Å². The molecule has 0 unspecified atom stereocenters. The molecule has 0 heterocycles. The van der Waals surface area contributed by atoms with E-state index in [1.54, 1.807) is 38.5 Å². The molecule has 1 aromatic carbocycles. The van der Waals surface area contributed by atoms with Crippen molar-refractivity contribution in [3.8, 4) is 0 Å². The summed E-state index contributed by atoms with van der Waals surface area (Å²) >= 11 is 0. The van der Waals surface area contributed by atoms with Gasteiger partial charge in [-0.15, -0.1) is 0 Å². The minimum Gasteiger partial charge on any atom is -0.0683 e. The van der Waals surface area contributed by atoms with Crippen LogP contribution in [0.1, 0.15) is 92.1 Å². The van der Waals surface area contributed by atoms with E-state index in [2.05, 4.69) is 58.0 Å². The van der Waals surface area contributed by atoms with Crippen molar-refractivity contribution >= 4 is 0 Å². The summed E-state index contributed by atoms with van der Waals surface area (Å²) in [6.45, 7) is 13.3. The molecule has 5 rings (SSSR count). The molecule has 4 saturated carbocycles. The van der Waals surface area contributed by atoms with E-state index in [0.717, 1.165) is 35.0 Å². The Bertz CT molecular complexity index is 455. The zero-order valence-electron chi connectivity index (χ0n) is 18.4. The fraction of sp³-hybridized carbons (Fsp3) is 0.769. The standard InChI is InChI=1S/C14H24.C10H14.C2H6/c1-10(2)6-14-7-11-3-12(8-14)5-13(4-11)9-14;1-9(2)8-10-6-4-3-5-7-10;1-2/h10-13H,3-9H2,1-2H3;3-7,9H,8H2,1-2H3;1-2H3. The van der Waals surface area contributed by atoms with Crippen LogP contribution in [0.3, 0.4) is 0 Å². The highest BCUT2D eigenvalue weighted by molar-refractivity contribution is 5.14. The van der Waals surface area contributed by atoms with Gasteiger partial charge in [-0.25, -0.2) is 0 Å². The molecule has 0 aliphatic heterocycles. The minimum atomic E-state index is 0.766. The minimum absolute atomic E-state index is 0.766.